The van der Waals surface area contributed by atoms with Gasteiger partial charge in [-0.1, -0.05) is 11.6 Å². The molecule has 5 heteroatoms. The highest BCUT2D eigenvalue weighted by Gasteiger charge is 2.16. The van der Waals surface area contributed by atoms with Crippen LogP contribution in [-0.4, -0.2) is 18.1 Å². The van der Waals surface area contributed by atoms with Crippen LogP contribution < -0.4 is 4.90 Å². The van der Waals surface area contributed by atoms with E-state index in [9.17, 15) is 9.90 Å². The van der Waals surface area contributed by atoms with Gasteiger partial charge in [-0.2, -0.15) is 0 Å². The Balaban J connectivity index is 2.33. The number of aromatic hydroxyl groups is 1. The third-order valence-corrected chi connectivity index (χ3v) is 3.63. The number of benzene rings is 2. The fraction of sp³-hybridized carbons (Fsp3) is 0.0714. The molecule has 0 aliphatic carbocycles. The number of carbonyl (C=O) groups excluding carboxylic acids is 1. The van der Waals surface area contributed by atoms with E-state index in [-0.39, 0.29) is 11.7 Å². The third kappa shape index (κ3) is 3.08. The maximum absolute atomic E-state index is 12.4. The van der Waals surface area contributed by atoms with Crippen molar-refractivity contribution in [2.45, 2.75) is 0 Å². The van der Waals surface area contributed by atoms with E-state index in [0.717, 1.165) is 0 Å². The Morgan fingerprint density at radius 2 is 1.84 bits per heavy atom. The van der Waals surface area contributed by atoms with E-state index >= 15 is 0 Å². The zero-order valence-corrected chi connectivity index (χ0v) is 12.4. The van der Waals surface area contributed by atoms with Crippen LogP contribution in [0.15, 0.2) is 46.9 Å². The second-order valence-electron chi connectivity index (χ2n) is 4.00. The summed E-state index contributed by atoms with van der Waals surface area (Å²) >= 11 is 9.25. The quantitative estimate of drug-likeness (QED) is 0.894. The number of anilines is 1. The van der Waals surface area contributed by atoms with Gasteiger partial charge in [0, 0.05) is 22.2 Å². The minimum absolute atomic E-state index is 0.161. The molecular formula is C14H11BrClNO2. The van der Waals surface area contributed by atoms with Crippen molar-refractivity contribution in [1.82, 2.24) is 0 Å². The molecule has 0 saturated carbocycles. The SMILES string of the molecule is CN(C(=O)c1cc(Cl)ccc1Br)c1ccc(O)cc1. The number of phenolic OH excluding ortho intramolecular Hbond substituents is 1. The molecule has 0 aliphatic rings. The predicted molar refractivity (Wildman–Crippen MR) is 80.0 cm³/mol. The number of halogens is 2. The van der Waals surface area contributed by atoms with Crippen molar-refractivity contribution in [2.75, 3.05) is 11.9 Å². The van der Waals surface area contributed by atoms with Gasteiger partial charge in [-0.05, 0) is 58.4 Å². The lowest BCUT2D eigenvalue weighted by Gasteiger charge is -2.18. The van der Waals surface area contributed by atoms with Gasteiger partial charge in [0.2, 0.25) is 0 Å². The zero-order chi connectivity index (χ0) is 14.0. The van der Waals surface area contributed by atoms with E-state index in [1.807, 2.05) is 0 Å². The molecule has 2 aromatic carbocycles. The van der Waals surface area contributed by atoms with E-state index < -0.39 is 0 Å². The molecule has 0 fully saturated rings. The topological polar surface area (TPSA) is 40.5 Å². The standard InChI is InChI=1S/C14H11BrClNO2/c1-17(10-3-5-11(18)6-4-10)14(19)12-8-9(16)2-7-13(12)15/h2-8,18H,1H3. The number of hydrogen-bond donors (Lipinski definition) is 1. The van der Waals surface area contributed by atoms with Crippen LogP contribution in [0, 0.1) is 0 Å². The lowest BCUT2D eigenvalue weighted by Crippen LogP contribution is -2.26. The van der Waals surface area contributed by atoms with Gasteiger partial charge in [-0.15, -0.1) is 0 Å². The molecule has 0 radical (unpaired) electrons. The average molecular weight is 341 g/mol. The van der Waals surface area contributed by atoms with Gasteiger partial charge in [-0.3, -0.25) is 4.79 Å². The number of nitrogens with zero attached hydrogens (tertiary/aromatic N) is 1. The maximum atomic E-state index is 12.4. The van der Waals surface area contributed by atoms with Crippen molar-refractivity contribution < 1.29 is 9.90 Å². The lowest BCUT2D eigenvalue weighted by molar-refractivity contribution is 0.0992. The Bertz CT molecular complexity index is 613. The second-order valence-corrected chi connectivity index (χ2v) is 5.30. The Morgan fingerprint density at radius 1 is 1.21 bits per heavy atom. The van der Waals surface area contributed by atoms with Crippen molar-refractivity contribution in [3.63, 3.8) is 0 Å². The molecule has 0 spiro atoms. The van der Waals surface area contributed by atoms with E-state index in [1.54, 1.807) is 37.4 Å². The van der Waals surface area contributed by atoms with Crippen molar-refractivity contribution in [2.24, 2.45) is 0 Å². The molecule has 98 valence electrons. The highest BCUT2D eigenvalue weighted by molar-refractivity contribution is 9.10. The van der Waals surface area contributed by atoms with Crippen LogP contribution in [0.2, 0.25) is 5.02 Å². The zero-order valence-electron chi connectivity index (χ0n) is 10.1. The number of amides is 1. The molecule has 0 saturated heterocycles. The molecule has 2 aromatic rings. The predicted octanol–water partition coefficient (Wildman–Crippen LogP) is 4.08. The van der Waals surface area contributed by atoms with Crippen molar-refractivity contribution >= 4 is 39.1 Å². The fourth-order valence-corrected chi connectivity index (χ4v) is 2.22. The molecular weight excluding hydrogens is 330 g/mol. The normalized spacial score (nSPS) is 10.3. The van der Waals surface area contributed by atoms with E-state index in [2.05, 4.69) is 15.9 Å². The summed E-state index contributed by atoms with van der Waals surface area (Å²) in [5.74, 6) is -0.0198. The molecule has 3 nitrogen and oxygen atoms in total. The summed E-state index contributed by atoms with van der Waals surface area (Å²) < 4.78 is 0.688. The Hall–Kier alpha value is -1.52. The molecule has 2 rings (SSSR count). The largest absolute Gasteiger partial charge is 0.508 e. The molecule has 0 bridgehead atoms. The summed E-state index contributed by atoms with van der Waals surface area (Å²) in [7, 11) is 1.67. The number of hydrogen-bond acceptors (Lipinski definition) is 2. The Kier molecular flexibility index (Phi) is 4.12. The Morgan fingerprint density at radius 3 is 2.47 bits per heavy atom. The number of carbonyl (C=O) groups is 1. The first-order valence-electron chi connectivity index (χ1n) is 5.51. The van der Waals surface area contributed by atoms with Gasteiger partial charge >= 0.3 is 0 Å². The van der Waals surface area contributed by atoms with Gasteiger partial charge in [0.25, 0.3) is 5.91 Å². The van der Waals surface area contributed by atoms with Crippen LogP contribution in [0.25, 0.3) is 0 Å². The van der Waals surface area contributed by atoms with Crippen molar-refractivity contribution in [1.29, 1.82) is 0 Å². The molecule has 1 N–H and O–H groups in total. The number of phenols is 1. The fourth-order valence-electron chi connectivity index (χ4n) is 1.64. The lowest BCUT2D eigenvalue weighted by atomic mass is 10.2. The monoisotopic (exact) mass is 339 g/mol. The maximum Gasteiger partial charge on any atom is 0.259 e. The van der Waals surface area contributed by atoms with Crippen molar-refractivity contribution in [3.05, 3.63) is 57.5 Å². The summed E-state index contributed by atoms with van der Waals surface area (Å²) in [6.07, 6.45) is 0. The van der Waals surface area contributed by atoms with Crippen LogP contribution in [0.5, 0.6) is 5.75 Å². The molecule has 1 amide bonds. The average Bonchev–Trinajstić information content (AvgIpc) is 2.41. The minimum atomic E-state index is -0.180. The summed E-state index contributed by atoms with van der Waals surface area (Å²) in [6, 6.07) is 11.5. The van der Waals surface area contributed by atoms with Crippen LogP contribution in [0.1, 0.15) is 10.4 Å². The third-order valence-electron chi connectivity index (χ3n) is 2.70. The van der Waals surface area contributed by atoms with Gasteiger partial charge in [0.05, 0.1) is 5.56 Å². The molecule has 0 aromatic heterocycles. The van der Waals surface area contributed by atoms with Crippen LogP contribution >= 0.6 is 27.5 Å². The second kappa shape index (κ2) is 5.63. The molecule has 0 aliphatic heterocycles. The summed E-state index contributed by atoms with van der Waals surface area (Å²) in [5, 5.41) is 9.75. The Labute approximate surface area is 124 Å². The molecule has 0 heterocycles. The summed E-state index contributed by atoms with van der Waals surface area (Å²) in [4.78, 5) is 13.9. The first kappa shape index (κ1) is 13.9. The molecule has 0 atom stereocenters. The van der Waals surface area contributed by atoms with Gasteiger partial charge in [0.1, 0.15) is 5.75 Å². The van der Waals surface area contributed by atoms with Gasteiger partial charge < -0.3 is 10.0 Å². The van der Waals surface area contributed by atoms with Crippen LogP contribution in [0.4, 0.5) is 5.69 Å². The van der Waals surface area contributed by atoms with Crippen LogP contribution in [-0.2, 0) is 0 Å². The summed E-state index contributed by atoms with van der Waals surface area (Å²) in [5.41, 5.74) is 1.18. The highest BCUT2D eigenvalue weighted by Crippen LogP contribution is 2.25. The first-order valence-corrected chi connectivity index (χ1v) is 6.68. The van der Waals surface area contributed by atoms with Gasteiger partial charge in [0.15, 0.2) is 0 Å². The highest BCUT2D eigenvalue weighted by atomic mass is 79.9. The smallest absolute Gasteiger partial charge is 0.259 e. The van der Waals surface area contributed by atoms with Crippen molar-refractivity contribution in [3.8, 4) is 5.75 Å². The molecule has 0 unspecified atom stereocenters. The van der Waals surface area contributed by atoms with E-state index in [0.29, 0.717) is 20.7 Å². The van der Waals surface area contributed by atoms with E-state index in [1.165, 1.54) is 17.0 Å². The number of rotatable bonds is 2. The van der Waals surface area contributed by atoms with Gasteiger partial charge in [-0.25, -0.2) is 0 Å². The van der Waals surface area contributed by atoms with Crippen LogP contribution in [0.3, 0.4) is 0 Å². The van der Waals surface area contributed by atoms with E-state index in [4.69, 9.17) is 11.6 Å². The molecule has 19 heavy (non-hydrogen) atoms. The minimum Gasteiger partial charge on any atom is -0.508 e. The summed E-state index contributed by atoms with van der Waals surface area (Å²) in [6.45, 7) is 0. The first-order chi connectivity index (χ1) is 8.99.